The summed E-state index contributed by atoms with van der Waals surface area (Å²) < 4.78 is 10.0. The number of hydrogen-bond donors (Lipinski definition) is 1. The number of esters is 2. The zero-order valence-corrected chi connectivity index (χ0v) is 19.7. The highest BCUT2D eigenvalue weighted by Crippen LogP contribution is 2.29. The van der Waals surface area contributed by atoms with Crippen LogP contribution in [0, 0.1) is 0 Å². The Kier molecular flexibility index (Phi) is 7.12. The maximum Gasteiger partial charge on any atom is 0.339 e. The van der Waals surface area contributed by atoms with E-state index < -0.39 is 36.3 Å². The first-order valence-electron chi connectivity index (χ1n) is 10.8. The van der Waals surface area contributed by atoms with E-state index in [1.807, 2.05) is 0 Å². The van der Waals surface area contributed by atoms with Crippen LogP contribution in [-0.2, 0) is 14.3 Å². The van der Waals surface area contributed by atoms with Crippen LogP contribution < -0.4 is 10.2 Å². The Bertz CT molecular complexity index is 1370. The van der Waals surface area contributed by atoms with Crippen LogP contribution in [0.15, 0.2) is 66.7 Å². The van der Waals surface area contributed by atoms with Crippen LogP contribution in [-0.4, -0.2) is 42.9 Å². The minimum Gasteiger partial charge on any atom is -0.462 e. The molecule has 10 heteroatoms. The number of halogens is 1. The highest BCUT2D eigenvalue weighted by molar-refractivity contribution is 6.34. The molecule has 3 amide bonds. The van der Waals surface area contributed by atoms with Crippen molar-refractivity contribution in [3.05, 3.63) is 94.0 Å². The Labute approximate surface area is 210 Å². The lowest BCUT2D eigenvalue weighted by molar-refractivity contribution is -0.119. The summed E-state index contributed by atoms with van der Waals surface area (Å²) in [6, 6.07) is 16.5. The second kappa shape index (κ2) is 10.4. The number of benzene rings is 3. The molecule has 0 unspecified atom stereocenters. The lowest BCUT2D eigenvalue weighted by Gasteiger charge is -2.15. The summed E-state index contributed by atoms with van der Waals surface area (Å²) in [4.78, 5) is 63.2. The topological polar surface area (TPSA) is 119 Å². The van der Waals surface area contributed by atoms with Gasteiger partial charge in [0.1, 0.15) is 0 Å². The number of imide groups is 1. The van der Waals surface area contributed by atoms with E-state index in [0.29, 0.717) is 0 Å². The van der Waals surface area contributed by atoms with Gasteiger partial charge in [-0.3, -0.25) is 14.4 Å². The Morgan fingerprint density at radius 1 is 0.861 bits per heavy atom. The molecule has 0 saturated heterocycles. The Morgan fingerprint density at radius 3 is 2.22 bits per heavy atom. The van der Waals surface area contributed by atoms with Gasteiger partial charge in [0.15, 0.2) is 6.61 Å². The predicted octanol–water partition coefficient (Wildman–Crippen LogP) is 4.11. The van der Waals surface area contributed by atoms with Gasteiger partial charge in [0.05, 0.1) is 39.6 Å². The predicted molar refractivity (Wildman–Crippen MR) is 130 cm³/mol. The number of ether oxygens (including phenoxy) is 2. The lowest BCUT2D eigenvalue weighted by atomic mass is 10.1. The molecule has 0 aliphatic carbocycles. The summed E-state index contributed by atoms with van der Waals surface area (Å²) in [5.74, 6) is -3.11. The average molecular weight is 507 g/mol. The average Bonchev–Trinajstić information content (AvgIpc) is 3.13. The number of carbonyl (C=O) groups excluding carboxylic acids is 5. The van der Waals surface area contributed by atoms with Crippen molar-refractivity contribution >= 4 is 52.6 Å². The third-order valence-corrected chi connectivity index (χ3v) is 5.54. The van der Waals surface area contributed by atoms with Crippen molar-refractivity contribution in [1.82, 2.24) is 0 Å². The number of carbonyl (C=O) groups is 5. The molecule has 0 radical (unpaired) electrons. The van der Waals surface area contributed by atoms with Gasteiger partial charge in [0, 0.05) is 5.69 Å². The number of amides is 3. The molecule has 3 aromatic rings. The van der Waals surface area contributed by atoms with Gasteiger partial charge in [-0.15, -0.1) is 0 Å². The maximum absolute atomic E-state index is 12.7. The number of fused-ring (bicyclic) bond motifs is 1. The zero-order valence-electron chi connectivity index (χ0n) is 18.9. The Morgan fingerprint density at radius 2 is 1.56 bits per heavy atom. The van der Waals surface area contributed by atoms with Gasteiger partial charge in [-0.2, -0.15) is 0 Å². The minimum atomic E-state index is -0.827. The van der Waals surface area contributed by atoms with Gasteiger partial charge in [-0.25, -0.2) is 14.5 Å². The van der Waals surface area contributed by atoms with E-state index >= 15 is 0 Å². The van der Waals surface area contributed by atoms with Crippen LogP contribution >= 0.6 is 11.6 Å². The Balaban J connectivity index is 1.40. The first-order valence-corrected chi connectivity index (χ1v) is 11.2. The normalized spacial score (nSPS) is 12.2. The summed E-state index contributed by atoms with van der Waals surface area (Å²) in [6.45, 7) is 1.20. The molecule has 1 aliphatic heterocycles. The van der Waals surface area contributed by atoms with E-state index in [-0.39, 0.29) is 45.3 Å². The van der Waals surface area contributed by atoms with Gasteiger partial charge in [0.2, 0.25) is 0 Å². The van der Waals surface area contributed by atoms with Crippen LogP contribution in [0.3, 0.4) is 0 Å². The summed E-state index contributed by atoms with van der Waals surface area (Å²) >= 11 is 6.01. The van der Waals surface area contributed by atoms with Gasteiger partial charge in [-0.1, -0.05) is 29.8 Å². The van der Waals surface area contributed by atoms with Crippen LogP contribution in [0.2, 0.25) is 5.02 Å². The van der Waals surface area contributed by atoms with E-state index in [1.165, 1.54) is 42.5 Å². The fraction of sp³-hybridized carbons (Fsp3) is 0.115. The highest BCUT2D eigenvalue weighted by Gasteiger charge is 2.36. The van der Waals surface area contributed by atoms with Crippen molar-refractivity contribution in [3.63, 3.8) is 0 Å². The minimum absolute atomic E-state index is 0.0490. The number of nitrogens with zero attached hydrogens (tertiary/aromatic N) is 1. The Hall–Kier alpha value is -4.50. The summed E-state index contributed by atoms with van der Waals surface area (Å²) in [6.07, 6.45) is 0. The molecule has 1 N–H and O–H groups in total. The molecular formula is C26H19ClN2O7. The SMILES string of the molecule is CCOC(=O)c1cc(NC(=O)COC(=O)c2cccc(N3C(=O)c4ccccc4C3=O)c2)ccc1Cl. The van der Waals surface area contributed by atoms with E-state index in [0.717, 1.165) is 4.90 Å². The molecule has 0 fully saturated rings. The third-order valence-electron chi connectivity index (χ3n) is 5.21. The molecule has 4 rings (SSSR count). The second-order valence-corrected chi connectivity index (χ2v) is 7.99. The van der Waals surface area contributed by atoms with Crippen LogP contribution in [0.25, 0.3) is 0 Å². The molecular weight excluding hydrogens is 488 g/mol. The summed E-state index contributed by atoms with van der Waals surface area (Å²) in [5, 5.41) is 2.67. The van der Waals surface area contributed by atoms with Crippen molar-refractivity contribution in [2.75, 3.05) is 23.4 Å². The van der Waals surface area contributed by atoms with Crippen molar-refractivity contribution in [1.29, 1.82) is 0 Å². The number of hydrogen-bond acceptors (Lipinski definition) is 7. The van der Waals surface area contributed by atoms with Crippen LogP contribution in [0.5, 0.6) is 0 Å². The molecule has 9 nitrogen and oxygen atoms in total. The van der Waals surface area contributed by atoms with Crippen molar-refractivity contribution in [2.24, 2.45) is 0 Å². The first kappa shape index (κ1) is 24.6. The lowest BCUT2D eigenvalue weighted by Crippen LogP contribution is -2.29. The van der Waals surface area contributed by atoms with E-state index in [4.69, 9.17) is 21.1 Å². The van der Waals surface area contributed by atoms with Crippen molar-refractivity contribution in [3.8, 4) is 0 Å². The largest absolute Gasteiger partial charge is 0.462 e. The van der Waals surface area contributed by atoms with Crippen LogP contribution in [0.4, 0.5) is 11.4 Å². The maximum atomic E-state index is 12.7. The van der Waals surface area contributed by atoms with Crippen molar-refractivity contribution < 1.29 is 33.4 Å². The molecule has 0 saturated carbocycles. The summed E-state index contributed by atoms with van der Waals surface area (Å²) in [7, 11) is 0. The number of nitrogens with one attached hydrogen (secondary N) is 1. The fourth-order valence-corrected chi connectivity index (χ4v) is 3.77. The molecule has 0 atom stereocenters. The standard InChI is InChI=1S/C26H19ClN2O7/c1-2-35-26(34)20-13-16(10-11-21(20)27)28-22(30)14-36-25(33)15-6-5-7-17(12-15)29-23(31)18-8-3-4-9-19(18)24(29)32/h3-13H,2,14H2,1H3,(H,28,30). The van der Waals surface area contributed by atoms with E-state index in [2.05, 4.69) is 5.32 Å². The number of anilines is 2. The quantitative estimate of drug-likeness (QED) is 0.378. The molecule has 3 aromatic carbocycles. The fourth-order valence-electron chi connectivity index (χ4n) is 3.58. The molecule has 1 heterocycles. The summed E-state index contributed by atoms with van der Waals surface area (Å²) in [5.41, 5.74) is 1.15. The van der Waals surface area contributed by atoms with E-state index in [9.17, 15) is 24.0 Å². The molecule has 182 valence electrons. The zero-order chi connectivity index (χ0) is 25.8. The highest BCUT2D eigenvalue weighted by atomic mass is 35.5. The molecule has 0 spiro atoms. The van der Waals surface area contributed by atoms with Gasteiger partial charge in [0.25, 0.3) is 17.7 Å². The number of rotatable bonds is 7. The molecule has 0 aromatic heterocycles. The van der Waals surface area contributed by atoms with Gasteiger partial charge >= 0.3 is 11.9 Å². The van der Waals surface area contributed by atoms with Crippen LogP contribution in [0.1, 0.15) is 48.4 Å². The van der Waals surface area contributed by atoms with Gasteiger partial charge in [-0.05, 0) is 55.5 Å². The monoisotopic (exact) mass is 506 g/mol. The molecule has 0 bridgehead atoms. The second-order valence-electron chi connectivity index (χ2n) is 7.58. The molecule has 1 aliphatic rings. The smallest absolute Gasteiger partial charge is 0.339 e. The third kappa shape index (κ3) is 4.96. The first-order chi connectivity index (χ1) is 17.3. The van der Waals surface area contributed by atoms with E-state index in [1.54, 1.807) is 31.2 Å². The molecule has 36 heavy (non-hydrogen) atoms. The van der Waals surface area contributed by atoms with Gasteiger partial charge < -0.3 is 14.8 Å². The van der Waals surface area contributed by atoms with Crippen molar-refractivity contribution in [2.45, 2.75) is 6.92 Å².